The summed E-state index contributed by atoms with van der Waals surface area (Å²) in [6.45, 7) is 4.00. The zero-order chi connectivity index (χ0) is 24.5. The number of likely N-dealkylation sites (tertiary alicyclic amines) is 1. The number of hydrogen-bond donors (Lipinski definition) is 2. The summed E-state index contributed by atoms with van der Waals surface area (Å²) in [5.74, 6) is -3.63. The topological polar surface area (TPSA) is 110 Å². The first-order valence-corrected chi connectivity index (χ1v) is 12.1. The van der Waals surface area contributed by atoms with Crippen LogP contribution in [0.1, 0.15) is 36.2 Å². The number of nitrogens with zero attached hydrogens (tertiary/aromatic N) is 3. The molecule has 0 unspecified atom stereocenters. The molecule has 0 spiro atoms. The molecule has 1 aromatic carbocycles. The van der Waals surface area contributed by atoms with Crippen molar-refractivity contribution in [2.75, 3.05) is 13.1 Å². The van der Waals surface area contributed by atoms with Crippen LogP contribution in [0, 0.1) is 31.3 Å². The Morgan fingerprint density at radius 1 is 1.18 bits per heavy atom. The maximum Gasteiger partial charge on any atom is 0.244 e. The zero-order valence-corrected chi connectivity index (χ0v) is 19.6. The molecule has 3 N–H and O–H groups in total. The van der Waals surface area contributed by atoms with E-state index in [1.807, 2.05) is 0 Å². The van der Waals surface area contributed by atoms with Crippen LogP contribution in [0.3, 0.4) is 0 Å². The number of aryl methyl sites for hydroxylation is 2. The van der Waals surface area contributed by atoms with Gasteiger partial charge in [0.25, 0.3) is 0 Å². The lowest BCUT2D eigenvalue weighted by Crippen LogP contribution is -2.47. The molecule has 1 amide bonds. The van der Waals surface area contributed by atoms with E-state index in [2.05, 4.69) is 9.82 Å². The highest BCUT2D eigenvalue weighted by atomic mass is 32.2. The second-order valence-corrected chi connectivity index (χ2v) is 10.1. The van der Waals surface area contributed by atoms with E-state index in [-0.39, 0.29) is 35.2 Å². The van der Waals surface area contributed by atoms with Gasteiger partial charge in [0.05, 0.1) is 11.4 Å². The van der Waals surface area contributed by atoms with Gasteiger partial charge in [-0.05, 0) is 44.7 Å². The fourth-order valence-corrected chi connectivity index (χ4v) is 5.84. The number of carbonyl (C=O) groups is 1. The number of piperidine rings is 1. The molecule has 1 aliphatic rings. The first kappa shape index (κ1) is 25.2. The lowest BCUT2D eigenvalue weighted by Gasteiger charge is -2.33. The smallest absolute Gasteiger partial charge is 0.244 e. The molecule has 8 nitrogen and oxygen atoms in total. The van der Waals surface area contributed by atoms with E-state index >= 15 is 0 Å². The van der Waals surface area contributed by atoms with Gasteiger partial charge in [-0.2, -0.15) is 5.10 Å². The monoisotopic (exact) mass is 487 g/mol. The van der Waals surface area contributed by atoms with Crippen molar-refractivity contribution in [3.05, 3.63) is 46.5 Å². The van der Waals surface area contributed by atoms with Crippen LogP contribution in [0.5, 0.6) is 0 Å². The number of amides is 1. The molecule has 1 aromatic heterocycles. The van der Waals surface area contributed by atoms with Gasteiger partial charge < -0.3 is 10.6 Å². The quantitative estimate of drug-likeness (QED) is 0.578. The molecule has 1 fully saturated rings. The van der Waals surface area contributed by atoms with E-state index in [0.717, 1.165) is 6.07 Å². The van der Waals surface area contributed by atoms with Crippen molar-refractivity contribution < 1.29 is 26.4 Å². The molecule has 0 radical (unpaired) electrons. The lowest BCUT2D eigenvalue weighted by atomic mass is 10.0. The standard InChI is InChI=1S/C21H28F3N5O3S/c1-12-21(13(2)28(3)26-12)33(31,32)27-16-4-6-29(7-5-16)20(30)10-15(25)8-14-9-18(23)19(24)11-17(14)22/h9,11,15-16,27H,4-8,10,25H2,1-3H3/t15-/m1/s1. The van der Waals surface area contributed by atoms with Crippen LogP contribution in [-0.2, 0) is 28.3 Å². The van der Waals surface area contributed by atoms with Gasteiger partial charge in [0.15, 0.2) is 11.6 Å². The van der Waals surface area contributed by atoms with Gasteiger partial charge in [-0.1, -0.05) is 0 Å². The van der Waals surface area contributed by atoms with Gasteiger partial charge in [0.1, 0.15) is 10.7 Å². The van der Waals surface area contributed by atoms with Gasteiger partial charge in [0, 0.05) is 44.7 Å². The van der Waals surface area contributed by atoms with Crippen molar-refractivity contribution in [2.45, 2.75) is 56.5 Å². The molecular weight excluding hydrogens is 459 g/mol. The molecular formula is C21H28F3N5O3S. The second kappa shape index (κ2) is 9.82. The van der Waals surface area contributed by atoms with Crippen LogP contribution in [0.15, 0.2) is 17.0 Å². The lowest BCUT2D eigenvalue weighted by molar-refractivity contribution is -0.132. The van der Waals surface area contributed by atoms with E-state index in [1.165, 1.54) is 4.68 Å². The molecule has 33 heavy (non-hydrogen) atoms. The molecule has 1 aliphatic heterocycles. The number of nitrogens with two attached hydrogens (primary N) is 1. The average molecular weight is 488 g/mol. The van der Waals surface area contributed by atoms with E-state index < -0.39 is 33.5 Å². The normalized spacial score (nSPS) is 16.3. The molecule has 1 atom stereocenters. The number of nitrogens with one attached hydrogen (secondary N) is 1. The Bertz CT molecular complexity index is 1140. The second-order valence-electron chi connectivity index (χ2n) is 8.43. The maximum absolute atomic E-state index is 13.8. The minimum absolute atomic E-state index is 0.0942. The van der Waals surface area contributed by atoms with Crippen LogP contribution in [-0.4, -0.2) is 54.2 Å². The van der Waals surface area contributed by atoms with E-state index in [1.54, 1.807) is 25.8 Å². The Hall–Kier alpha value is -2.44. The molecule has 2 heterocycles. The van der Waals surface area contributed by atoms with E-state index in [0.29, 0.717) is 43.4 Å². The average Bonchev–Trinajstić information content (AvgIpc) is 2.98. The summed E-state index contributed by atoms with van der Waals surface area (Å²) in [7, 11) is -2.07. The number of halogens is 3. The van der Waals surface area contributed by atoms with Gasteiger partial charge in [0.2, 0.25) is 15.9 Å². The van der Waals surface area contributed by atoms with Crippen LogP contribution in [0.2, 0.25) is 0 Å². The Morgan fingerprint density at radius 2 is 1.79 bits per heavy atom. The summed E-state index contributed by atoms with van der Waals surface area (Å²) in [5.41, 5.74) is 6.81. The molecule has 182 valence electrons. The molecule has 1 saturated heterocycles. The number of benzene rings is 1. The van der Waals surface area contributed by atoms with Crippen LogP contribution < -0.4 is 10.5 Å². The van der Waals surface area contributed by atoms with Crippen molar-refractivity contribution in [1.82, 2.24) is 19.4 Å². The third kappa shape index (κ3) is 5.74. The highest BCUT2D eigenvalue weighted by Crippen LogP contribution is 2.21. The van der Waals surface area contributed by atoms with E-state index in [9.17, 15) is 26.4 Å². The number of carbonyl (C=O) groups excluding carboxylic acids is 1. The summed E-state index contributed by atoms with van der Waals surface area (Å²) < 4.78 is 70.1. The van der Waals surface area contributed by atoms with Gasteiger partial charge in [-0.25, -0.2) is 26.3 Å². The number of aromatic nitrogens is 2. The molecule has 12 heteroatoms. The van der Waals surface area contributed by atoms with Gasteiger partial charge in [-0.3, -0.25) is 9.48 Å². The molecule has 3 rings (SSSR count). The van der Waals surface area contributed by atoms with Crippen LogP contribution in [0.25, 0.3) is 0 Å². The molecule has 0 aliphatic carbocycles. The molecule has 0 bridgehead atoms. The molecule has 0 saturated carbocycles. The highest BCUT2D eigenvalue weighted by molar-refractivity contribution is 7.89. The number of hydrogen-bond acceptors (Lipinski definition) is 5. The van der Waals surface area contributed by atoms with Gasteiger partial charge >= 0.3 is 0 Å². The minimum Gasteiger partial charge on any atom is -0.343 e. The first-order valence-electron chi connectivity index (χ1n) is 10.6. The third-order valence-electron chi connectivity index (χ3n) is 5.89. The van der Waals surface area contributed by atoms with Crippen molar-refractivity contribution in [2.24, 2.45) is 12.8 Å². The first-order chi connectivity index (χ1) is 15.4. The summed E-state index contributed by atoms with van der Waals surface area (Å²) in [5, 5.41) is 4.15. The predicted octanol–water partition coefficient (Wildman–Crippen LogP) is 1.68. The largest absolute Gasteiger partial charge is 0.343 e. The van der Waals surface area contributed by atoms with Crippen molar-refractivity contribution in [3.63, 3.8) is 0 Å². The minimum atomic E-state index is -3.75. The van der Waals surface area contributed by atoms with Gasteiger partial charge in [-0.15, -0.1) is 0 Å². The fraction of sp³-hybridized carbons (Fsp3) is 0.524. The maximum atomic E-state index is 13.8. The van der Waals surface area contributed by atoms with Crippen molar-refractivity contribution >= 4 is 15.9 Å². The van der Waals surface area contributed by atoms with E-state index in [4.69, 9.17) is 5.73 Å². The summed E-state index contributed by atoms with van der Waals surface area (Å²) in [6.07, 6.45) is 0.643. The fourth-order valence-electron chi connectivity index (χ4n) is 4.10. The molecule has 2 aromatic rings. The highest BCUT2D eigenvalue weighted by Gasteiger charge is 2.30. The Kier molecular flexibility index (Phi) is 7.49. The Morgan fingerprint density at radius 3 is 2.36 bits per heavy atom. The van der Waals surface area contributed by atoms with Crippen LogP contribution in [0.4, 0.5) is 13.2 Å². The van der Waals surface area contributed by atoms with Crippen molar-refractivity contribution in [1.29, 1.82) is 0 Å². The number of rotatable bonds is 7. The SMILES string of the molecule is Cc1nn(C)c(C)c1S(=O)(=O)NC1CCN(C(=O)C[C@H](N)Cc2cc(F)c(F)cc2F)CC1. The zero-order valence-electron chi connectivity index (χ0n) is 18.7. The van der Waals surface area contributed by atoms with Crippen molar-refractivity contribution in [3.8, 4) is 0 Å². The summed E-state index contributed by atoms with van der Waals surface area (Å²) in [6, 6.07) is 0.102. The Balaban J connectivity index is 1.53. The summed E-state index contributed by atoms with van der Waals surface area (Å²) >= 11 is 0. The van der Waals surface area contributed by atoms with Crippen LogP contribution >= 0.6 is 0 Å². The predicted molar refractivity (Wildman–Crippen MR) is 115 cm³/mol. The third-order valence-corrected chi connectivity index (χ3v) is 7.66. The summed E-state index contributed by atoms with van der Waals surface area (Å²) in [4.78, 5) is 14.3. The number of sulfonamides is 1. The Labute approximate surface area is 191 Å².